The van der Waals surface area contributed by atoms with Crippen molar-refractivity contribution in [2.45, 2.75) is 26.7 Å². The fraction of sp³-hybridized carbons (Fsp3) is 0.500. The molecule has 0 aromatic heterocycles. The van der Waals surface area contributed by atoms with Crippen molar-refractivity contribution < 1.29 is 0 Å². The molecule has 84 valence electrons. The molecule has 3 heteroatoms. The average molecular weight is 227 g/mol. The van der Waals surface area contributed by atoms with Gasteiger partial charge in [-0.15, -0.1) is 0 Å². The van der Waals surface area contributed by atoms with Gasteiger partial charge in [0.15, 0.2) is 0 Å². The maximum atomic E-state index is 5.96. The van der Waals surface area contributed by atoms with Crippen molar-refractivity contribution in [3.8, 4) is 0 Å². The van der Waals surface area contributed by atoms with Crippen LogP contribution in [-0.2, 0) is 0 Å². The molecule has 0 saturated carbocycles. The van der Waals surface area contributed by atoms with Crippen molar-refractivity contribution in [3.05, 3.63) is 23.2 Å². The molecule has 0 unspecified atom stereocenters. The Balaban J connectivity index is 2.89. The first-order valence-electron chi connectivity index (χ1n) is 5.49. The SMILES string of the molecule is CCCN(CCC)c1ccc(Cl)cc1N. The van der Waals surface area contributed by atoms with Gasteiger partial charge in [0.05, 0.1) is 11.4 Å². The number of nitrogen functional groups attached to an aromatic ring is 1. The number of hydrogen-bond donors (Lipinski definition) is 1. The highest BCUT2D eigenvalue weighted by Gasteiger charge is 2.07. The lowest BCUT2D eigenvalue weighted by atomic mass is 10.2. The summed E-state index contributed by atoms with van der Waals surface area (Å²) in [6.45, 7) is 6.43. The molecule has 1 aromatic rings. The highest BCUT2D eigenvalue weighted by molar-refractivity contribution is 6.31. The zero-order valence-electron chi connectivity index (χ0n) is 9.46. The molecule has 0 bridgehead atoms. The lowest BCUT2D eigenvalue weighted by Gasteiger charge is -2.25. The van der Waals surface area contributed by atoms with E-state index in [9.17, 15) is 0 Å². The Morgan fingerprint density at radius 2 is 1.80 bits per heavy atom. The normalized spacial score (nSPS) is 10.3. The van der Waals surface area contributed by atoms with Gasteiger partial charge in [0.1, 0.15) is 0 Å². The molecule has 0 saturated heterocycles. The van der Waals surface area contributed by atoms with E-state index in [0.717, 1.165) is 37.3 Å². The van der Waals surface area contributed by atoms with Gasteiger partial charge < -0.3 is 10.6 Å². The second-order valence-corrected chi connectivity index (χ2v) is 4.13. The third-order valence-corrected chi connectivity index (χ3v) is 2.55. The smallest absolute Gasteiger partial charge is 0.0600 e. The van der Waals surface area contributed by atoms with Crippen molar-refractivity contribution in [3.63, 3.8) is 0 Å². The van der Waals surface area contributed by atoms with Gasteiger partial charge >= 0.3 is 0 Å². The molecule has 1 aromatic carbocycles. The standard InChI is InChI=1S/C12H19ClN2/c1-3-7-15(8-4-2)12-6-5-10(13)9-11(12)14/h5-6,9H,3-4,7-8,14H2,1-2H3. The fourth-order valence-corrected chi connectivity index (χ4v) is 1.89. The van der Waals surface area contributed by atoms with Crippen LogP contribution in [0.25, 0.3) is 0 Å². The quantitative estimate of drug-likeness (QED) is 0.779. The Morgan fingerprint density at radius 3 is 2.27 bits per heavy atom. The molecule has 15 heavy (non-hydrogen) atoms. The van der Waals surface area contributed by atoms with Gasteiger partial charge in [-0.1, -0.05) is 25.4 Å². The van der Waals surface area contributed by atoms with E-state index in [4.69, 9.17) is 17.3 Å². The average Bonchev–Trinajstić information content (AvgIpc) is 2.17. The largest absolute Gasteiger partial charge is 0.397 e. The molecule has 2 N–H and O–H groups in total. The van der Waals surface area contributed by atoms with Crippen LogP contribution in [0.3, 0.4) is 0 Å². The summed E-state index contributed by atoms with van der Waals surface area (Å²) in [6, 6.07) is 5.71. The van der Waals surface area contributed by atoms with E-state index in [2.05, 4.69) is 18.7 Å². The van der Waals surface area contributed by atoms with Gasteiger partial charge in [0.25, 0.3) is 0 Å². The number of halogens is 1. The predicted octanol–water partition coefficient (Wildman–Crippen LogP) is 3.55. The molecule has 0 aliphatic rings. The van der Waals surface area contributed by atoms with Crippen molar-refractivity contribution in [1.29, 1.82) is 0 Å². The van der Waals surface area contributed by atoms with E-state index >= 15 is 0 Å². The lowest BCUT2D eigenvalue weighted by Crippen LogP contribution is -2.25. The van der Waals surface area contributed by atoms with E-state index < -0.39 is 0 Å². The number of benzene rings is 1. The second kappa shape index (κ2) is 5.86. The maximum absolute atomic E-state index is 5.96. The molecule has 0 radical (unpaired) electrons. The molecular weight excluding hydrogens is 208 g/mol. The second-order valence-electron chi connectivity index (χ2n) is 3.69. The number of nitrogens with zero attached hydrogens (tertiary/aromatic N) is 1. The van der Waals surface area contributed by atoms with Crippen LogP contribution in [0.1, 0.15) is 26.7 Å². The number of rotatable bonds is 5. The van der Waals surface area contributed by atoms with E-state index in [1.54, 1.807) is 0 Å². The van der Waals surface area contributed by atoms with Crippen LogP contribution in [-0.4, -0.2) is 13.1 Å². The van der Waals surface area contributed by atoms with Crippen LogP contribution in [0.5, 0.6) is 0 Å². The van der Waals surface area contributed by atoms with Crippen LogP contribution < -0.4 is 10.6 Å². The molecule has 0 aliphatic heterocycles. The number of hydrogen-bond acceptors (Lipinski definition) is 2. The first kappa shape index (κ1) is 12.2. The van der Waals surface area contributed by atoms with Crippen molar-refractivity contribution in [2.75, 3.05) is 23.7 Å². The summed E-state index contributed by atoms with van der Waals surface area (Å²) < 4.78 is 0. The lowest BCUT2D eigenvalue weighted by molar-refractivity contribution is 0.746. The third-order valence-electron chi connectivity index (χ3n) is 2.32. The van der Waals surface area contributed by atoms with Gasteiger partial charge in [-0.05, 0) is 31.0 Å². The number of anilines is 2. The van der Waals surface area contributed by atoms with Crippen LogP contribution >= 0.6 is 11.6 Å². The Hall–Kier alpha value is -0.890. The van der Waals surface area contributed by atoms with Crippen molar-refractivity contribution in [1.82, 2.24) is 0 Å². The first-order valence-corrected chi connectivity index (χ1v) is 5.86. The summed E-state index contributed by atoms with van der Waals surface area (Å²) in [6.07, 6.45) is 2.25. The van der Waals surface area contributed by atoms with E-state index in [0.29, 0.717) is 5.02 Å². The van der Waals surface area contributed by atoms with Crippen molar-refractivity contribution >= 4 is 23.0 Å². The van der Waals surface area contributed by atoms with Gasteiger partial charge in [-0.25, -0.2) is 0 Å². The van der Waals surface area contributed by atoms with Gasteiger partial charge in [-0.2, -0.15) is 0 Å². The highest BCUT2D eigenvalue weighted by Crippen LogP contribution is 2.26. The van der Waals surface area contributed by atoms with E-state index in [1.165, 1.54) is 0 Å². The molecule has 0 spiro atoms. The minimum Gasteiger partial charge on any atom is -0.397 e. The van der Waals surface area contributed by atoms with Gasteiger partial charge in [0.2, 0.25) is 0 Å². The van der Waals surface area contributed by atoms with Gasteiger partial charge in [-0.3, -0.25) is 0 Å². The predicted molar refractivity (Wildman–Crippen MR) is 68.7 cm³/mol. The molecule has 0 fully saturated rings. The number of nitrogens with two attached hydrogens (primary N) is 1. The zero-order chi connectivity index (χ0) is 11.3. The summed E-state index contributed by atoms with van der Waals surface area (Å²) in [5.74, 6) is 0. The zero-order valence-corrected chi connectivity index (χ0v) is 10.2. The summed E-state index contributed by atoms with van der Waals surface area (Å²) in [7, 11) is 0. The van der Waals surface area contributed by atoms with Crippen LogP contribution in [0, 0.1) is 0 Å². The van der Waals surface area contributed by atoms with Crippen LogP contribution in [0.15, 0.2) is 18.2 Å². The molecule has 0 amide bonds. The summed E-state index contributed by atoms with van der Waals surface area (Å²) >= 11 is 5.88. The monoisotopic (exact) mass is 226 g/mol. The molecule has 0 aliphatic carbocycles. The van der Waals surface area contributed by atoms with Crippen LogP contribution in [0.4, 0.5) is 11.4 Å². The van der Waals surface area contributed by atoms with Gasteiger partial charge in [0, 0.05) is 18.1 Å². The van der Waals surface area contributed by atoms with Crippen LogP contribution in [0.2, 0.25) is 5.02 Å². The summed E-state index contributed by atoms with van der Waals surface area (Å²) in [5, 5.41) is 0.698. The first-order chi connectivity index (χ1) is 7.19. The van der Waals surface area contributed by atoms with E-state index in [1.807, 2.05) is 18.2 Å². The third kappa shape index (κ3) is 3.31. The molecule has 1 rings (SSSR count). The summed E-state index contributed by atoms with van der Waals surface area (Å²) in [5.41, 5.74) is 7.82. The van der Waals surface area contributed by atoms with Crippen molar-refractivity contribution in [2.24, 2.45) is 0 Å². The van der Waals surface area contributed by atoms with E-state index in [-0.39, 0.29) is 0 Å². The maximum Gasteiger partial charge on any atom is 0.0600 e. The Morgan fingerprint density at radius 1 is 1.20 bits per heavy atom. The molecule has 0 atom stereocenters. The molecule has 0 heterocycles. The minimum atomic E-state index is 0.698. The minimum absolute atomic E-state index is 0.698. The fourth-order valence-electron chi connectivity index (χ4n) is 1.71. The Bertz CT molecular complexity index is 306. The Labute approximate surface area is 97.0 Å². The highest BCUT2D eigenvalue weighted by atomic mass is 35.5. The Kier molecular flexibility index (Phi) is 4.76. The molecular formula is C12H19ClN2. The topological polar surface area (TPSA) is 29.3 Å². The summed E-state index contributed by atoms with van der Waals surface area (Å²) in [4.78, 5) is 2.31. The molecule has 2 nitrogen and oxygen atoms in total.